The molecular weight excluding hydrogens is 340 g/mol. The van der Waals surface area contributed by atoms with Gasteiger partial charge in [-0.15, -0.1) is 0 Å². The highest BCUT2D eigenvalue weighted by Crippen LogP contribution is 2.34. The first kappa shape index (κ1) is 17.8. The largest absolute Gasteiger partial charge is 0.508 e. The fourth-order valence-corrected chi connectivity index (χ4v) is 4.47. The molecule has 3 rings (SSSR count). The molecular formula is C18H22N2O4S. The summed E-state index contributed by atoms with van der Waals surface area (Å²) >= 11 is 0. The number of hydrogen-bond acceptors (Lipinski definition) is 6. The zero-order valence-electron chi connectivity index (χ0n) is 14.4. The minimum absolute atomic E-state index is 0.0119. The van der Waals surface area contributed by atoms with E-state index in [-0.39, 0.29) is 29.6 Å². The Hall–Kier alpha value is -2.02. The number of benzene rings is 1. The molecule has 1 aliphatic heterocycles. The molecule has 25 heavy (non-hydrogen) atoms. The smallest absolute Gasteiger partial charge is 0.162 e. The number of hydrogen-bond donors (Lipinski definition) is 1. The molecule has 6 nitrogen and oxygen atoms in total. The molecule has 1 aromatic carbocycles. The van der Waals surface area contributed by atoms with Gasteiger partial charge in [0, 0.05) is 12.8 Å². The van der Waals surface area contributed by atoms with E-state index in [0.717, 1.165) is 18.4 Å². The van der Waals surface area contributed by atoms with Crippen molar-refractivity contribution in [3.05, 3.63) is 29.8 Å². The fourth-order valence-electron chi connectivity index (χ4n) is 2.68. The molecule has 1 N–H and O–H groups in total. The van der Waals surface area contributed by atoms with Crippen molar-refractivity contribution in [1.29, 1.82) is 0 Å². The molecule has 0 aromatic heterocycles. The topological polar surface area (TPSA) is 96.2 Å². The summed E-state index contributed by atoms with van der Waals surface area (Å²) in [7, 11) is -3.48. The third-order valence-electron chi connectivity index (χ3n) is 4.85. The van der Waals surface area contributed by atoms with Gasteiger partial charge in [-0.3, -0.25) is 4.79 Å². The van der Waals surface area contributed by atoms with Crippen LogP contribution in [-0.2, 0) is 14.6 Å². The van der Waals surface area contributed by atoms with E-state index >= 15 is 0 Å². The fraction of sp³-hybridized carbons (Fsp3) is 0.500. The maximum atomic E-state index is 12.6. The molecule has 134 valence electrons. The molecule has 1 aromatic rings. The molecule has 0 saturated heterocycles. The van der Waals surface area contributed by atoms with E-state index in [0.29, 0.717) is 17.8 Å². The minimum Gasteiger partial charge on any atom is -0.508 e. The molecule has 0 amide bonds. The van der Waals surface area contributed by atoms with Gasteiger partial charge in [-0.05, 0) is 62.4 Å². The lowest BCUT2D eigenvalue weighted by molar-refractivity contribution is -0.119. The monoisotopic (exact) mass is 362 g/mol. The molecule has 7 heteroatoms. The summed E-state index contributed by atoms with van der Waals surface area (Å²) in [6.07, 6.45) is 2.26. The highest BCUT2D eigenvalue weighted by Gasteiger charge is 2.44. The lowest BCUT2D eigenvalue weighted by Crippen LogP contribution is -2.43. The van der Waals surface area contributed by atoms with E-state index in [4.69, 9.17) is 0 Å². The number of aromatic hydroxyl groups is 1. The molecule has 0 unspecified atom stereocenters. The van der Waals surface area contributed by atoms with Gasteiger partial charge >= 0.3 is 0 Å². The Kier molecular flexibility index (Phi) is 4.53. The first-order chi connectivity index (χ1) is 11.7. The zero-order chi connectivity index (χ0) is 18.2. The van der Waals surface area contributed by atoms with Gasteiger partial charge in [0.25, 0.3) is 0 Å². The van der Waals surface area contributed by atoms with Crippen LogP contribution in [0.15, 0.2) is 34.5 Å². The molecule has 1 aliphatic carbocycles. The van der Waals surface area contributed by atoms with E-state index in [9.17, 15) is 18.3 Å². The third-order valence-corrected chi connectivity index (χ3v) is 7.54. The highest BCUT2D eigenvalue weighted by atomic mass is 32.2. The van der Waals surface area contributed by atoms with Crippen molar-refractivity contribution in [3.63, 3.8) is 0 Å². The van der Waals surface area contributed by atoms with Crippen LogP contribution < -0.4 is 0 Å². The van der Waals surface area contributed by atoms with Crippen molar-refractivity contribution in [2.75, 3.05) is 5.75 Å². The number of ketones is 1. The number of sulfone groups is 1. The number of carbonyl (C=O) groups excluding carboxylic acids is 1. The number of phenols is 1. The predicted octanol–water partition coefficient (Wildman–Crippen LogP) is 2.50. The standard InChI is InChI=1S/C18H22N2O4S/c1-18(2,25(23,24)11-12-3-4-12)17(22)10-14-9-16(20-19-14)13-5-7-15(21)8-6-13/h5-8,12,21H,3-4,9-11H2,1-2H3. The van der Waals surface area contributed by atoms with Crippen LogP contribution in [-0.4, -0.2) is 41.2 Å². The number of Topliss-reactive ketones (excluding diaryl/α,β-unsaturated/α-hetero) is 1. The molecule has 0 bridgehead atoms. The van der Waals surface area contributed by atoms with Gasteiger partial charge in [0.05, 0.1) is 17.2 Å². The van der Waals surface area contributed by atoms with Gasteiger partial charge < -0.3 is 5.11 Å². The normalized spacial score (nSPS) is 18.0. The summed E-state index contributed by atoms with van der Waals surface area (Å²) in [4.78, 5) is 12.6. The van der Waals surface area contributed by atoms with Gasteiger partial charge in [0.1, 0.15) is 10.5 Å². The van der Waals surface area contributed by atoms with Crippen molar-refractivity contribution >= 4 is 27.0 Å². The Morgan fingerprint density at radius 1 is 1.20 bits per heavy atom. The first-order valence-corrected chi connectivity index (χ1v) is 10.0. The van der Waals surface area contributed by atoms with Crippen LogP contribution in [0.25, 0.3) is 0 Å². The second-order valence-electron chi connectivity index (χ2n) is 7.27. The van der Waals surface area contributed by atoms with E-state index in [2.05, 4.69) is 10.2 Å². The summed E-state index contributed by atoms with van der Waals surface area (Å²) in [5.74, 6) is 0.133. The Bertz CT molecular complexity index is 848. The third kappa shape index (κ3) is 3.81. The summed E-state index contributed by atoms with van der Waals surface area (Å²) in [6.45, 7) is 2.98. The van der Waals surface area contributed by atoms with Crippen LogP contribution in [0, 0.1) is 5.92 Å². The Balaban J connectivity index is 1.63. The average Bonchev–Trinajstić information content (AvgIpc) is 3.22. The van der Waals surface area contributed by atoms with E-state index in [1.54, 1.807) is 24.3 Å². The summed E-state index contributed by atoms with van der Waals surface area (Å²) in [5, 5.41) is 17.5. The van der Waals surface area contributed by atoms with E-state index in [1.807, 2.05) is 0 Å². The molecule has 0 radical (unpaired) electrons. The van der Waals surface area contributed by atoms with Gasteiger partial charge in [-0.25, -0.2) is 8.42 Å². The van der Waals surface area contributed by atoms with Gasteiger partial charge in [0.2, 0.25) is 0 Å². The average molecular weight is 362 g/mol. The molecule has 1 fully saturated rings. The predicted molar refractivity (Wildman–Crippen MR) is 96.9 cm³/mol. The molecule has 1 heterocycles. The number of phenolic OH excluding ortho intramolecular Hbond substituents is 1. The zero-order valence-corrected chi connectivity index (χ0v) is 15.2. The second-order valence-corrected chi connectivity index (χ2v) is 9.86. The van der Waals surface area contributed by atoms with Crippen molar-refractivity contribution in [3.8, 4) is 5.75 Å². The first-order valence-electron chi connectivity index (χ1n) is 8.36. The summed E-state index contributed by atoms with van der Waals surface area (Å²) in [6, 6.07) is 6.60. The Labute approximate surface area is 147 Å². The summed E-state index contributed by atoms with van der Waals surface area (Å²) < 4.78 is 23.6. The van der Waals surface area contributed by atoms with Crippen molar-refractivity contribution in [2.24, 2.45) is 16.1 Å². The van der Waals surface area contributed by atoms with Gasteiger partial charge in [0.15, 0.2) is 15.6 Å². The highest BCUT2D eigenvalue weighted by molar-refractivity contribution is 7.93. The summed E-state index contributed by atoms with van der Waals surface area (Å²) in [5.41, 5.74) is 2.11. The van der Waals surface area contributed by atoms with Crippen LogP contribution >= 0.6 is 0 Å². The van der Waals surface area contributed by atoms with Crippen LogP contribution in [0.4, 0.5) is 0 Å². The van der Waals surface area contributed by atoms with Crippen molar-refractivity contribution < 1.29 is 18.3 Å². The van der Waals surface area contributed by atoms with E-state index in [1.165, 1.54) is 13.8 Å². The molecule has 0 atom stereocenters. The van der Waals surface area contributed by atoms with Crippen LogP contribution in [0.2, 0.25) is 0 Å². The van der Waals surface area contributed by atoms with Crippen LogP contribution in [0.5, 0.6) is 5.75 Å². The second kappa shape index (κ2) is 6.37. The Morgan fingerprint density at radius 2 is 1.84 bits per heavy atom. The quantitative estimate of drug-likeness (QED) is 0.806. The Morgan fingerprint density at radius 3 is 2.44 bits per heavy atom. The minimum atomic E-state index is -3.48. The van der Waals surface area contributed by atoms with Crippen molar-refractivity contribution in [1.82, 2.24) is 0 Å². The number of rotatable bonds is 7. The lowest BCUT2D eigenvalue weighted by Gasteiger charge is -2.23. The SMILES string of the molecule is CC(C)(C(=O)CC1=NN=C(c2ccc(O)cc2)C1)S(=O)(=O)CC1CC1. The maximum Gasteiger partial charge on any atom is 0.162 e. The molecule has 2 aliphatic rings. The van der Waals surface area contributed by atoms with E-state index < -0.39 is 14.6 Å². The number of nitrogens with zero attached hydrogens (tertiary/aromatic N) is 2. The van der Waals surface area contributed by atoms with Gasteiger partial charge in [-0.1, -0.05) is 0 Å². The molecule has 0 spiro atoms. The maximum absolute atomic E-state index is 12.6. The van der Waals surface area contributed by atoms with Crippen LogP contribution in [0.1, 0.15) is 45.1 Å². The van der Waals surface area contributed by atoms with Crippen LogP contribution in [0.3, 0.4) is 0 Å². The van der Waals surface area contributed by atoms with Gasteiger partial charge in [-0.2, -0.15) is 10.2 Å². The lowest BCUT2D eigenvalue weighted by atomic mass is 9.98. The molecule has 1 saturated carbocycles. The van der Waals surface area contributed by atoms with Crippen molar-refractivity contribution in [2.45, 2.75) is 44.3 Å². The number of carbonyl (C=O) groups is 1.